The molecule has 0 aliphatic rings. The Morgan fingerprint density at radius 1 is 1.50 bits per heavy atom. The molecule has 94 valence electrons. The molecule has 0 aliphatic heterocycles. The van der Waals surface area contributed by atoms with Crippen molar-refractivity contribution in [1.29, 1.82) is 0 Å². The Kier molecular flexibility index (Phi) is 3.25. The van der Waals surface area contributed by atoms with Gasteiger partial charge >= 0.3 is 5.97 Å². The number of aromatic nitrogens is 1. The van der Waals surface area contributed by atoms with Gasteiger partial charge in [0.2, 0.25) is 0 Å². The minimum atomic E-state index is -1.09. The number of hydrogen-bond donors (Lipinski definition) is 1. The number of aryl methyl sites for hydroxylation is 1. The van der Waals surface area contributed by atoms with Gasteiger partial charge in [-0.15, -0.1) is 0 Å². The van der Waals surface area contributed by atoms with Gasteiger partial charge in [0.1, 0.15) is 22.8 Å². The molecule has 0 saturated heterocycles. The highest BCUT2D eigenvalue weighted by atomic mass is 35.5. The van der Waals surface area contributed by atoms with Crippen molar-refractivity contribution < 1.29 is 19.2 Å². The van der Waals surface area contributed by atoms with Crippen molar-refractivity contribution in [3.63, 3.8) is 0 Å². The van der Waals surface area contributed by atoms with Gasteiger partial charge in [0, 0.05) is 5.56 Å². The van der Waals surface area contributed by atoms with Gasteiger partial charge in [-0.1, -0.05) is 16.8 Å². The van der Waals surface area contributed by atoms with E-state index in [2.05, 4.69) is 5.16 Å². The average molecular weight is 268 g/mol. The summed E-state index contributed by atoms with van der Waals surface area (Å²) in [5, 5.41) is 13.2. The largest absolute Gasteiger partial charge is 0.495 e. The van der Waals surface area contributed by atoms with Crippen molar-refractivity contribution in [3.8, 4) is 17.0 Å². The van der Waals surface area contributed by atoms with Crippen LogP contribution in [0.25, 0.3) is 11.3 Å². The summed E-state index contributed by atoms with van der Waals surface area (Å²) >= 11 is 5.99. The second-order valence-electron chi connectivity index (χ2n) is 3.62. The molecule has 5 nitrogen and oxygen atoms in total. The molecule has 0 unspecified atom stereocenters. The quantitative estimate of drug-likeness (QED) is 0.925. The van der Waals surface area contributed by atoms with Crippen LogP contribution in [0.2, 0.25) is 5.02 Å². The average Bonchev–Trinajstić information content (AvgIpc) is 2.71. The summed E-state index contributed by atoms with van der Waals surface area (Å²) in [6.07, 6.45) is 0. The molecule has 18 heavy (non-hydrogen) atoms. The summed E-state index contributed by atoms with van der Waals surface area (Å²) in [7, 11) is 1.50. The van der Waals surface area contributed by atoms with Crippen molar-refractivity contribution in [2.45, 2.75) is 6.92 Å². The predicted molar refractivity (Wildman–Crippen MR) is 65.2 cm³/mol. The van der Waals surface area contributed by atoms with Gasteiger partial charge in [-0.2, -0.15) is 0 Å². The van der Waals surface area contributed by atoms with Gasteiger partial charge in [-0.05, 0) is 25.1 Å². The first-order valence-corrected chi connectivity index (χ1v) is 5.46. The Hall–Kier alpha value is -2.01. The molecule has 0 atom stereocenters. The van der Waals surface area contributed by atoms with Crippen LogP contribution in [0.4, 0.5) is 0 Å². The van der Waals surface area contributed by atoms with Crippen molar-refractivity contribution >= 4 is 17.6 Å². The monoisotopic (exact) mass is 267 g/mol. The van der Waals surface area contributed by atoms with E-state index in [0.717, 1.165) is 0 Å². The van der Waals surface area contributed by atoms with Crippen LogP contribution in [0.3, 0.4) is 0 Å². The Morgan fingerprint density at radius 3 is 2.78 bits per heavy atom. The van der Waals surface area contributed by atoms with Crippen molar-refractivity contribution in [2.75, 3.05) is 7.11 Å². The number of hydrogen-bond acceptors (Lipinski definition) is 4. The lowest BCUT2D eigenvalue weighted by Gasteiger charge is -2.04. The second-order valence-corrected chi connectivity index (χ2v) is 4.02. The molecule has 0 radical (unpaired) electrons. The van der Waals surface area contributed by atoms with Crippen LogP contribution in [0, 0.1) is 6.92 Å². The lowest BCUT2D eigenvalue weighted by molar-refractivity contribution is 0.0696. The zero-order valence-electron chi connectivity index (χ0n) is 9.73. The number of ether oxygens (including phenoxy) is 1. The van der Waals surface area contributed by atoms with Crippen LogP contribution in [0.15, 0.2) is 22.7 Å². The fourth-order valence-electron chi connectivity index (χ4n) is 1.63. The molecule has 0 spiro atoms. The van der Waals surface area contributed by atoms with Gasteiger partial charge in [0.05, 0.1) is 12.1 Å². The van der Waals surface area contributed by atoms with E-state index < -0.39 is 5.97 Å². The number of carboxylic acid groups (broad SMARTS) is 1. The molecular formula is C12H10ClNO4. The first kappa shape index (κ1) is 12.4. The molecule has 1 N–H and O–H groups in total. The van der Waals surface area contributed by atoms with E-state index in [1.165, 1.54) is 7.11 Å². The molecule has 0 aliphatic carbocycles. The molecule has 1 aromatic heterocycles. The zero-order valence-corrected chi connectivity index (χ0v) is 10.5. The van der Waals surface area contributed by atoms with E-state index in [0.29, 0.717) is 16.3 Å². The van der Waals surface area contributed by atoms with E-state index in [1.54, 1.807) is 25.1 Å². The topological polar surface area (TPSA) is 72.6 Å². The van der Waals surface area contributed by atoms with Crippen LogP contribution in [-0.4, -0.2) is 23.3 Å². The molecular weight excluding hydrogens is 258 g/mol. The van der Waals surface area contributed by atoms with Gasteiger partial charge in [-0.3, -0.25) is 0 Å². The summed E-state index contributed by atoms with van der Waals surface area (Å²) < 4.78 is 9.93. The standard InChI is InChI=1S/C12H10ClNO4/c1-6-10(12(15)16)11(14-18-6)7-3-4-9(17-2)8(13)5-7/h3-5H,1-2H3,(H,15,16). The van der Waals surface area contributed by atoms with Crippen molar-refractivity contribution in [1.82, 2.24) is 5.16 Å². The first-order chi connectivity index (χ1) is 8.54. The highest BCUT2D eigenvalue weighted by Gasteiger charge is 2.21. The van der Waals surface area contributed by atoms with E-state index >= 15 is 0 Å². The third-order valence-corrected chi connectivity index (χ3v) is 2.80. The van der Waals surface area contributed by atoms with E-state index in [4.69, 9.17) is 26.0 Å². The zero-order chi connectivity index (χ0) is 13.3. The lowest BCUT2D eigenvalue weighted by atomic mass is 10.1. The van der Waals surface area contributed by atoms with E-state index in [1.807, 2.05) is 0 Å². The fraction of sp³-hybridized carbons (Fsp3) is 0.167. The maximum absolute atomic E-state index is 11.1. The Bertz CT molecular complexity index is 606. The molecule has 2 aromatic rings. The second kappa shape index (κ2) is 4.70. The summed E-state index contributed by atoms with van der Waals surface area (Å²) in [5.41, 5.74) is 0.857. The van der Waals surface area contributed by atoms with E-state index in [-0.39, 0.29) is 17.0 Å². The third kappa shape index (κ3) is 2.04. The Labute approximate surface area is 108 Å². The van der Waals surface area contributed by atoms with Crippen LogP contribution < -0.4 is 4.74 Å². The number of aromatic carboxylic acids is 1. The highest BCUT2D eigenvalue weighted by molar-refractivity contribution is 6.32. The Morgan fingerprint density at radius 2 is 2.22 bits per heavy atom. The molecule has 1 heterocycles. The van der Waals surface area contributed by atoms with E-state index in [9.17, 15) is 4.79 Å². The number of halogens is 1. The maximum Gasteiger partial charge on any atom is 0.341 e. The van der Waals surface area contributed by atoms with Crippen LogP contribution >= 0.6 is 11.6 Å². The number of methoxy groups -OCH3 is 1. The third-order valence-electron chi connectivity index (χ3n) is 2.50. The normalized spacial score (nSPS) is 10.4. The maximum atomic E-state index is 11.1. The summed E-state index contributed by atoms with van der Waals surface area (Å²) in [4.78, 5) is 11.1. The van der Waals surface area contributed by atoms with Crippen LogP contribution in [-0.2, 0) is 0 Å². The fourth-order valence-corrected chi connectivity index (χ4v) is 1.89. The van der Waals surface area contributed by atoms with Crippen molar-refractivity contribution in [2.24, 2.45) is 0 Å². The lowest BCUT2D eigenvalue weighted by Crippen LogP contribution is -1.99. The highest BCUT2D eigenvalue weighted by Crippen LogP contribution is 2.32. The number of benzene rings is 1. The summed E-state index contributed by atoms with van der Waals surface area (Å²) in [6, 6.07) is 4.91. The van der Waals surface area contributed by atoms with Crippen molar-refractivity contribution in [3.05, 3.63) is 34.5 Å². The molecule has 6 heteroatoms. The number of carbonyl (C=O) groups is 1. The smallest absolute Gasteiger partial charge is 0.341 e. The first-order valence-electron chi connectivity index (χ1n) is 5.08. The molecule has 2 rings (SSSR count). The number of rotatable bonds is 3. The summed E-state index contributed by atoms with van der Waals surface area (Å²) in [6.45, 7) is 1.55. The number of carboxylic acids is 1. The minimum Gasteiger partial charge on any atom is -0.495 e. The Balaban J connectivity index is 2.56. The molecule has 0 fully saturated rings. The molecule has 0 saturated carbocycles. The van der Waals surface area contributed by atoms with Gasteiger partial charge in [0.15, 0.2) is 0 Å². The number of nitrogens with zero attached hydrogens (tertiary/aromatic N) is 1. The minimum absolute atomic E-state index is 0.0382. The van der Waals surface area contributed by atoms with Gasteiger partial charge in [-0.25, -0.2) is 4.79 Å². The van der Waals surface area contributed by atoms with Gasteiger partial charge in [0.25, 0.3) is 0 Å². The van der Waals surface area contributed by atoms with Crippen LogP contribution in [0.1, 0.15) is 16.1 Å². The molecule has 0 bridgehead atoms. The summed E-state index contributed by atoms with van der Waals surface area (Å²) in [5.74, 6) is -0.322. The predicted octanol–water partition coefficient (Wildman–Crippen LogP) is 3.01. The molecule has 0 amide bonds. The SMILES string of the molecule is COc1ccc(-c2noc(C)c2C(=O)O)cc1Cl. The molecule has 1 aromatic carbocycles. The van der Waals surface area contributed by atoms with Gasteiger partial charge < -0.3 is 14.4 Å². The van der Waals surface area contributed by atoms with Crippen LogP contribution in [0.5, 0.6) is 5.75 Å².